The van der Waals surface area contributed by atoms with Crippen LogP contribution in [0.3, 0.4) is 0 Å². The average molecular weight is 291 g/mol. The van der Waals surface area contributed by atoms with Gasteiger partial charge in [0.1, 0.15) is 5.41 Å². The number of nitrogens with one attached hydrogen (secondary N) is 1. The number of nitrogens with two attached hydrogens (primary N) is 1. The molecule has 0 bridgehead atoms. The number of hydrogen-bond donors (Lipinski definition) is 3. The van der Waals surface area contributed by atoms with E-state index in [4.69, 9.17) is 20.4 Å². The minimum Gasteiger partial charge on any atom is -0.454 e. The minimum atomic E-state index is -0.926. The number of ether oxygens (including phenoxy) is 2. The number of amides is 1. The molecule has 2 aliphatic rings. The molecular weight excluding hydrogens is 274 g/mol. The standard InChI is InChI=1S/C14H17N3O4/c1-8-5-14(6-8,12(15)17-19)13(18)16-9-2-3-10-11(4-9)21-7-20-10/h2-4,8,19H,5-7H2,1H3,(H2,15,17)(H,16,18). The normalized spacial score (nSPS) is 27.1. The molecule has 7 nitrogen and oxygen atoms in total. The lowest BCUT2D eigenvalue weighted by Crippen LogP contribution is -2.54. The van der Waals surface area contributed by atoms with Crippen molar-refractivity contribution in [2.45, 2.75) is 19.8 Å². The van der Waals surface area contributed by atoms with Crippen LogP contribution in [-0.4, -0.2) is 23.7 Å². The molecule has 0 aromatic heterocycles. The number of amidine groups is 1. The van der Waals surface area contributed by atoms with Gasteiger partial charge in [-0.25, -0.2) is 0 Å². The predicted molar refractivity (Wildman–Crippen MR) is 75.4 cm³/mol. The van der Waals surface area contributed by atoms with Gasteiger partial charge in [-0.1, -0.05) is 12.1 Å². The first kappa shape index (κ1) is 13.5. The van der Waals surface area contributed by atoms with Crippen LogP contribution >= 0.6 is 0 Å². The quantitative estimate of drug-likeness (QED) is 0.339. The fraction of sp³-hybridized carbons (Fsp3) is 0.429. The zero-order valence-electron chi connectivity index (χ0n) is 11.6. The van der Waals surface area contributed by atoms with E-state index in [9.17, 15) is 4.79 Å². The molecule has 7 heteroatoms. The summed E-state index contributed by atoms with van der Waals surface area (Å²) in [5.41, 5.74) is 5.38. The van der Waals surface area contributed by atoms with Crippen molar-refractivity contribution in [3.05, 3.63) is 18.2 Å². The summed E-state index contributed by atoms with van der Waals surface area (Å²) in [7, 11) is 0. The zero-order chi connectivity index (χ0) is 15.0. The molecule has 112 valence electrons. The Morgan fingerprint density at radius 1 is 1.43 bits per heavy atom. The highest BCUT2D eigenvalue weighted by atomic mass is 16.7. The lowest BCUT2D eigenvalue weighted by Gasteiger charge is -2.43. The summed E-state index contributed by atoms with van der Waals surface area (Å²) in [6, 6.07) is 5.16. The van der Waals surface area contributed by atoms with Crippen molar-refractivity contribution in [1.29, 1.82) is 0 Å². The Morgan fingerprint density at radius 3 is 2.81 bits per heavy atom. The molecule has 4 N–H and O–H groups in total. The van der Waals surface area contributed by atoms with Crippen LogP contribution in [0.15, 0.2) is 23.4 Å². The second kappa shape index (κ2) is 4.83. The first-order valence-electron chi connectivity index (χ1n) is 6.74. The van der Waals surface area contributed by atoms with Crippen molar-refractivity contribution in [2.75, 3.05) is 12.1 Å². The molecule has 0 unspecified atom stereocenters. The van der Waals surface area contributed by atoms with E-state index in [1.165, 1.54) is 0 Å². The van der Waals surface area contributed by atoms with Crippen molar-refractivity contribution in [2.24, 2.45) is 22.2 Å². The number of oxime groups is 1. The third kappa shape index (κ3) is 2.14. The van der Waals surface area contributed by atoms with E-state index in [1.54, 1.807) is 18.2 Å². The van der Waals surface area contributed by atoms with Crippen LogP contribution in [0, 0.1) is 11.3 Å². The van der Waals surface area contributed by atoms with Crippen LogP contribution in [0.1, 0.15) is 19.8 Å². The molecule has 3 rings (SSSR count). The number of fused-ring (bicyclic) bond motifs is 1. The Bertz CT molecular complexity index is 608. The summed E-state index contributed by atoms with van der Waals surface area (Å²) in [5, 5.41) is 14.7. The van der Waals surface area contributed by atoms with E-state index in [0.29, 0.717) is 35.9 Å². The lowest BCUT2D eigenvalue weighted by atomic mass is 9.61. The first-order valence-corrected chi connectivity index (χ1v) is 6.74. The summed E-state index contributed by atoms with van der Waals surface area (Å²) >= 11 is 0. The van der Waals surface area contributed by atoms with Gasteiger partial charge in [-0.05, 0) is 30.9 Å². The highest BCUT2D eigenvalue weighted by molar-refractivity contribution is 6.12. The largest absolute Gasteiger partial charge is 0.454 e. The topological polar surface area (TPSA) is 106 Å². The lowest BCUT2D eigenvalue weighted by molar-refractivity contribution is -0.127. The van der Waals surface area contributed by atoms with Gasteiger partial charge in [0.05, 0.1) is 0 Å². The molecule has 0 spiro atoms. The van der Waals surface area contributed by atoms with Crippen molar-refractivity contribution < 1.29 is 19.5 Å². The van der Waals surface area contributed by atoms with Crippen LogP contribution in [0.25, 0.3) is 0 Å². The Morgan fingerprint density at radius 2 is 2.14 bits per heavy atom. The highest BCUT2D eigenvalue weighted by Gasteiger charge is 2.52. The third-order valence-electron chi connectivity index (χ3n) is 4.06. The van der Waals surface area contributed by atoms with Gasteiger partial charge < -0.3 is 25.7 Å². The average Bonchev–Trinajstić information content (AvgIpc) is 2.90. The van der Waals surface area contributed by atoms with Crippen LogP contribution in [0.2, 0.25) is 0 Å². The summed E-state index contributed by atoms with van der Waals surface area (Å²) in [4.78, 5) is 12.5. The van der Waals surface area contributed by atoms with Gasteiger partial charge in [-0.15, -0.1) is 0 Å². The van der Waals surface area contributed by atoms with Crippen LogP contribution in [-0.2, 0) is 4.79 Å². The molecule has 1 heterocycles. The Labute approximate surface area is 121 Å². The number of nitrogens with zero attached hydrogens (tertiary/aromatic N) is 1. The fourth-order valence-electron chi connectivity index (χ4n) is 2.96. The number of anilines is 1. The smallest absolute Gasteiger partial charge is 0.238 e. The predicted octanol–water partition coefficient (Wildman–Crippen LogP) is 1.52. The van der Waals surface area contributed by atoms with Gasteiger partial charge in [-0.2, -0.15) is 0 Å². The second-order valence-corrected chi connectivity index (χ2v) is 5.60. The van der Waals surface area contributed by atoms with Crippen molar-refractivity contribution in [1.82, 2.24) is 0 Å². The molecule has 1 saturated carbocycles. The molecule has 0 atom stereocenters. The van der Waals surface area contributed by atoms with E-state index in [-0.39, 0.29) is 18.5 Å². The highest BCUT2D eigenvalue weighted by Crippen LogP contribution is 2.46. The van der Waals surface area contributed by atoms with E-state index in [0.717, 1.165) is 0 Å². The van der Waals surface area contributed by atoms with Gasteiger partial charge in [0.2, 0.25) is 12.7 Å². The monoisotopic (exact) mass is 291 g/mol. The van der Waals surface area contributed by atoms with Crippen molar-refractivity contribution in [3.63, 3.8) is 0 Å². The van der Waals surface area contributed by atoms with Gasteiger partial charge in [-0.3, -0.25) is 4.79 Å². The van der Waals surface area contributed by atoms with Crippen LogP contribution in [0.5, 0.6) is 11.5 Å². The molecule has 1 amide bonds. The maximum absolute atomic E-state index is 12.5. The molecule has 0 radical (unpaired) electrons. The first-order chi connectivity index (χ1) is 10.0. The maximum atomic E-state index is 12.5. The summed E-state index contributed by atoms with van der Waals surface area (Å²) < 4.78 is 10.5. The molecule has 21 heavy (non-hydrogen) atoms. The van der Waals surface area contributed by atoms with Gasteiger partial charge >= 0.3 is 0 Å². The Balaban J connectivity index is 1.79. The van der Waals surface area contributed by atoms with Gasteiger partial charge in [0.15, 0.2) is 17.3 Å². The van der Waals surface area contributed by atoms with Gasteiger partial charge in [0, 0.05) is 11.8 Å². The number of rotatable bonds is 3. The third-order valence-corrected chi connectivity index (χ3v) is 4.06. The molecule has 1 aliphatic carbocycles. The zero-order valence-corrected chi connectivity index (χ0v) is 11.6. The fourth-order valence-corrected chi connectivity index (χ4v) is 2.96. The van der Waals surface area contributed by atoms with E-state index >= 15 is 0 Å². The molecular formula is C14H17N3O4. The number of carbonyl (C=O) groups excluding carboxylic acids is 1. The maximum Gasteiger partial charge on any atom is 0.238 e. The molecule has 1 fully saturated rings. The van der Waals surface area contributed by atoms with Gasteiger partial charge in [0.25, 0.3) is 0 Å². The Hall–Kier alpha value is -2.44. The number of hydrogen-bond acceptors (Lipinski definition) is 5. The van der Waals surface area contributed by atoms with E-state index in [1.807, 2.05) is 6.92 Å². The summed E-state index contributed by atoms with van der Waals surface area (Å²) in [5.74, 6) is 1.30. The van der Waals surface area contributed by atoms with E-state index in [2.05, 4.69) is 10.5 Å². The summed E-state index contributed by atoms with van der Waals surface area (Å²) in [6.45, 7) is 2.20. The molecule has 1 aliphatic heterocycles. The number of benzene rings is 1. The molecule has 1 aromatic rings. The van der Waals surface area contributed by atoms with Crippen LogP contribution in [0.4, 0.5) is 5.69 Å². The minimum absolute atomic E-state index is 0.0427. The van der Waals surface area contributed by atoms with Crippen molar-refractivity contribution >= 4 is 17.4 Å². The van der Waals surface area contributed by atoms with Crippen molar-refractivity contribution in [3.8, 4) is 11.5 Å². The second-order valence-electron chi connectivity index (χ2n) is 5.60. The molecule has 1 aromatic carbocycles. The Kier molecular flexibility index (Phi) is 3.12. The SMILES string of the molecule is CC1CC(C(=O)Nc2ccc3c(c2)OCO3)(/C(N)=N/O)C1. The van der Waals surface area contributed by atoms with Crippen LogP contribution < -0.4 is 20.5 Å². The van der Waals surface area contributed by atoms with E-state index < -0.39 is 5.41 Å². The number of carbonyl (C=O) groups is 1. The molecule has 0 saturated heterocycles. The summed E-state index contributed by atoms with van der Waals surface area (Å²) in [6.07, 6.45) is 1.14.